The molecule has 0 saturated carbocycles. The summed E-state index contributed by atoms with van der Waals surface area (Å²) in [4.78, 5) is 14.8. The number of benzene rings is 2. The van der Waals surface area contributed by atoms with E-state index in [0.29, 0.717) is 22.0 Å². The zero-order valence-electron chi connectivity index (χ0n) is 13.7. The second-order valence-electron chi connectivity index (χ2n) is 5.36. The third-order valence-electron chi connectivity index (χ3n) is 3.45. The van der Waals surface area contributed by atoms with Crippen LogP contribution in [0.5, 0.6) is 0 Å². The molecule has 0 amide bonds. The lowest BCUT2D eigenvalue weighted by Crippen LogP contribution is -2.35. The zero-order valence-corrected chi connectivity index (χ0v) is 16.1. The van der Waals surface area contributed by atoms with Gasteiger partial charge >= 0.3 is 0 Å². The number of non-ortho nitro benzene ring substituents is 1. The molecular weight excluding hydrogens is 432 g/mol. The number of nitro benzene ring substituents is 1. The lowest BCUT2D eigenvalue weighted by Gasteiger charge is -2.09. The molecule has 0 aliphatic carbocycles. The number of hydrogen-bond acceptors (Lipinski definition) is 6. The second-order valence-corrected chi connectivity index (χ2v) is 7.13. The van der Waals surface area contributed by atoms with Crippen molar-refractivity contribution in [3.63, 3.8) is 0 Å². The van der Waals surface area contributed by atoms with Crippen molar-refractivity contribution in [3.8, 4) is 11.3 Å². The normalized spacial score (nSPS) is 10.3. The quantitative estimate of drug-likeness (QED) is 0.204. The number of nitrogens with zero attached hydrogens (tertiary/aromatic N) is 2. The fraction of sp³-hybridized carbons (Fsp3) is 0. The Kier molecular flexibility index (Phi) is 5.57. The van der Waals surface area contributed by atoms with Crippen molar-refractivity contribution >= 4 is 49.9 Å². The highest BCUT2D eigenvalue weighted by molar-refractivity contribution is 9.10. The molecule has 0 bridgehead atoms. The summed E-state index contributed by atoms with van der Waals surface area (Å²) in [5, 5.41) is 34.5. The Morgan fingerprint density at radius 3 is 2.70 bits per heavy atom. The van der Waals surface area contributed by atoms with Gasteiger partial charge in [0.15, 0.2) is 11.1 Å². The van der Waals surface area contributed by atoms with E-state index in [9.17, 15) is 10.1 Å². The fourth-order valence-electron chi connectivity index (χ4n) is 2.22. The van der Waals surface area contributed by atoms with Gasteiger partial charge < -0.3 is 10.6 Å². The molecule has 0 spiro atoms. The first kappa shape index (κ1) is 18.7. The van der Waals surface area contributed by atoms with Gasteiger partial charge in [0, 0.05) is 33.1 Å². The van der Waals surface area contributed by atoms with E-state index in [2.05, 4.69) is 31.5 Å². The molecule has 0 unspecified atom stereocenters. The van der Waals surface area contributed by atoms with Gasteiger partial charge in [-0.05, 0) is 12.1 Å². The highest BCUT2D eigenvalue weighted by Gasteiger charge is 2.11. The highest BCUT2D eigenvalue weighted by Crippen LogP contribution is 2.27. The summed E-state index contributed by atoms with van der Waals surface area (Å²) >= 11 is 4.61. The van der Waals surface area contributed by atoms with Crippen LogP contribution in [0.3, 0.4) is 0 Å². The fourth-order valence-corrected chi connectivity index (χ4v) is 3.35. The monoisotopic (exact) mass is 444 g/mol. The van der Waals surface area contributed by atoms with Crippen molar-refractivity contribution in [2.75, 3.05) is 5.32 Å². The Morgan fingerprint density at radius 1 is 1.19 bits per heavy atom. The summed E-state index contributed by atoms with van der Waals surface area (Å²) in [5.41, 5.74) is 1.81. The maximum Gasteiger partial charge on any atom is 0.270 e. The predicted molar refractivity (Wildman–Crippen MR) is 110 cm³/mol. The Hall–Kier alpha value is -3.11. The van der Waals surface area contributed by atoms with Gasteiger partial charge in [0.25, 0.3) is 5.69 Å². The summed E-state index contributed by atoms with van der Waals surface area (Å²) in [5.74, 6) is -0.0239. The van der Waals surface area contributed by atoms with Crippen LogP contribution >= 0.6 is 27.3 Å². The van der Waals surface area contributed by atoms with Crippen LogP contribution in [0.4, 0.5) is 10.8 Å². The van der Waals surface area contributed by atoms with Crippen molar-refractivity contribution in [2.45, 2.75) is 0 Å². The van der Waals surface area contributed by atoms with Crippen LogP contribution in [0.1, 0.15) is 5.56 Å². The van der Waals surface area contributed by atoms with Crippen molar-refractivity contribution < 1.29 is 4.92 Å². The maximum absolute atomic E-state index is 10.9. The average molecular weight is 445 g/mol. The highest BCUT2D eigenvalue weighted by atomic mass is 79.9. The SMILES string of the molecule is N=C(NC(=N)c1cccc(Br)c1)Nc1nc(-c2cccc([N+](=O)[O-])c2)cs1. The van der Waals surface area contributed by atoms with Crippen LogP contribution in [0.25, 0.3) is 11.3 Å². The van der Waals surface area contributed by atoms with Gasteiger partial charge in [0.2, 0.25) is 0 Å². The Bertz CT molecular complexity index is 1040. The Labute approximate surface area is 166 Å². The summed E-state index contributed by atoms with van der Waals surface area (Å²) in [6.45, 7) is 0. The first-order valence-electron chi connectivity index (χ1n) is 7.60. The van der Waals surface area contributed by atoms with Gasteiger partial charge in [-0.2, -0.15) is 0 Å². The van der Waals surface area contributed by atoms with Crippen LogP contribution in [0, 0.1) is 20.9 Å². The molecule has 8 nitrogen and oxygen atoms in total. The number of aromatic nitrogens is 1. The summed E-state index contributed by atoms with van der Waals surface area (Å²) in [6, 6.07) is 13.4. The van der Waals surface area contributed by atoms with Crippen molar-refractivity contribution in [1.29, 1.82) is 10.8 Å². The van der Waals surface area contributed by atoms with Crippen LogP contribution in [0.15, 0.2) is 58.4 Å². The van der Waals surface area contributed by atoms with E-state index in [1.165, 1.54) is 23.5 Å². The Morgan fingerprint density at radius 2 is 1.96 bits per heavy atom. The molecule has 136 valence electrons. The Balaban J connectivity index is 1.67. The third-order valence-corrected chi connectivity index (χ3v) is 4.70. The molecule has 27 heavy (non-hydrogen) atoms. The molecule has 3 rings (SSSR count). The summed E-state index contributed by atoms with van der Waals surface area (Å²) in [7, 11) is 0. The molecule has 0 fully saturated rings. The summed E-state index contributed by atoms with van der Waals surface area (Å²) in [6.07, 6.45) is 0. The molecule has 10 heteroatoms. The first-order chi connectivity index (χ1) is 12.9. The second kappa shape index (κ2) is 8.06. The number of thiazole rings is 1. The number of anilines is 1. The molecular formula is C17H13BrN6O2S. The molecule has 0 aliphatic heterocycles. The van der Waals surface area contributed by atoms with Gasteiger partial charge in [0.05, 0.1) is 10.6 Å². The van der Waals surface area contributed by atoms with Gasteiger partial charge in [-0.15, -0.1) is 11.3 Å². The topological polar surface area (TPSA) is 128 Å². The largest absolute Gasteiger partial charge is 0.311 e. The van der Waals surface area contributed by atoms with E-state index < -0.39 is 4.92 Å². The molecule has 1 aromatic heterocycles. The lowest BCUT2D eigenvalue weighted by molar-refractivity contribution is -0.384. The van der Waals surface area contributed by atoms with Crippen molar-refractivity contribution in [2.24, 2.45) is 0 Å². The molecule has 2 aromatic carbocycles. The molecule has 3 aromatic rings. The van der Waals surface area contributed by atoms with Crippen LogP contribution in [-0.4, -0.2) is 21.7 Å². The molecule has 0 saturated heterocycles. The zero-order chi connectivity index (χ0) is 19.4. The third kappa shape index (κ3) is 4.74. The van der Waals surface area contributed by atoms with E-state index in [1.807, 2.05) is 6.07 Å². The number of hydrogen-bond donors (Lipinski definition) is 4. The van der Waals surface area contributed by atoms with Gasteiger partial charge in [-0.25, -0.2) is 4.98 Å². The van der Waals surface area contributed by atoms with E-state index in [1.54, 1.807) is 35.7 Å². The minimum atomic E-state index is -0.456. The van der Waals surface area contributed by atoms with Gasteiger partial charge in [0.1, 0.15) is 5.84 Å². The van der Waals surface area contributed by atoms with Crippen LogP contribution in [-0.2, 0) is 0 Å². The van der Waals surface area contributed by atoms with Crippen molar-refractivity contribution in [1.82, 2.24) is 10.3 Å². The van der Waals surface area contributed by atoms with Gasteiger partial charge in [-0.3, -0.25) is 20.9 Å². The number of nitrogens with one attached hydrogen (secondary N) is 4. The predicted octanol–water partition coefficient (Wildman–Crippen LogP) is 4.44. The molecule has 1 heterocycles. The van der Waals surface area contributed by atoms with E-state index >= 15 is 0 Å². The molecule has 0 atom stereocenters. The standard InChI is InChI=1S/C17H13BrN6O2S/c18-12-5-1-4-11(7-12)15(19)22-16(20)23-17-21-14(9-27-17)10-3-2-6-13(8-10)24(25)26/h1-9H,(H4,19,20,21,22,23). The van der Waals surface area contributed by atoms with Gasteiger partial charge in [-0.1, -0.05) is 40.2 Å². The summed E-state index contributed by atoms with van der Waals surface area (Å²) < 4.78 is 0.840. The maximum atomic E-state index is 10.9. The number of rotatable bonds is 4. The van der Waals surface area contributed by atoms with E-state index in [4.69, 9.17) is 10.8 Å². The molecule has 0 aliphatic rings. The first-order valence-corrected chi connectivity index (χ1v) is 9.27. The number of guanidine groups is 1. The minimum absolute atomic E-state index is 0.00751. The van der Waals surface area contributed by atoms with Crippen LogP contribution < -0.4 is 10.6 Å². The van der Waals surface area contributed by atoms with Crippen LogP contribution in [0.2, 0.25) is 0 Å². The van der Waals surface area contributed by atoms with E-state index in [0.717, 1.165) is 4.47 Å². The molecule has 4 N–H and O–H groups in total. The number of nitro groups is 1. The number of amidine groups is 1. The minimum Gasteiger partial charge on any atom is -0.311 e. The van der Waals surface area contributed by atoms with Crippen molar-refractivity contribution in [3.05, 3.63) is 74.1 Å². The number of halogens is 1. The average Bonchev–Trinajstić information content (AvgIpc) is 3.10. The lowest BCUT2D eigenvalue weighted by atomic mass is 10.1. The smallest absolute Gasteiger partial charge is 0.270 e. The van der Waals surface area contributed by atoms with E-state index in [-0.39, 0.29) is 17.5 Å². The molecule has 0 radical (unpaired) electrons.